The van der Waals surface area contributed by atoms with E-state index in [4.69, 9.17) is 0 Å². The van der Waals surface area contributed by atoms with Crippen LogP contribution in [0.3, 0.4) is 0 Å². The van der Waals surface area contributed by atoms with Gasteiger partial charge in [-0.25, -0.2) is 0 Å². The van der Waals surface area contributed by atoms with Crippen LogP contribution >= 0.6 is 0 Å². The van der Waals surface area contributed by atoms with Crippen molar-refractivity contribution in [3.8, 4) is 22.6 Å². The van der Waals surface area contributed by atoms with Crippen molar-refractivity contribution < 1.29 is 27.8 Å². The molecule has 23 heavy (non-hydrogen) atoms. The zero-order chi connectivity index (χ0) is 16.6. The summed E-state index contributed by atoms with van der Waals surface area (Å²) < 4.78 is 40.3. The predicted octanol–water partition coefficient (Wildman–Crippen LogP) is 4.25. The van der Waals surface area contributed by atoms with Gasteiger partial charge in [0, 0.05) is 22.8 Å². The van der Waals surface area contributed by atoms with Crippen LogP contribution < -0.4 is 4.74 Å². The summed E-state index contributed by atoms with van der Waals surface area (Å²) in [5.41, 5.74) is 1.79. The van der Waals surface area contributed by atoms with Gasteiger partial charge in [-0.05, 0) is 29.8 Å². The van der Waals surface area contributed by atoms with Crippen molar-refractivity contribution in [2.24, 2.45) is 0 Å². The van der Waals surface area contributed by atoms with Crippen molar-refractivity contribution >= 4 is 17.2 Å². The van der Waals surface area contributed by atoms with Crippen molar-refractivity contribution in [1.82, 2.24) is 4.98 Å². The lowest BCUT2D eigenvalue weighted by molar-refractivity contribution is -0.274. The highest BCUT2D eigenvalue weighted by Gasteiger charge is 2.31. The van der Waals surface area contributed by atoms with Gasteiger partial charge in [0.1, 0.15) is 11.5 Å². The number of carbonyl (C=O) groups is 1. The molecule has 1 heterocycles. The Morgan fingerprint density at radius 3 is 2.39 bits per heavy atom. The van der Waals surface area contributed by atoms with Crippen molar-refractivity contribution in [2.75, 3.05) is 0 Å². The quantitative estimate of drug-likeness (QED) is 0.709. The van der Waals surface area contributed by atoms with E-state index >= 15 is 0 Å². The van der Waals surface area contributed by atoms with E-state index in [1.54, 1.807) is 12.1 Å². The maximum absolute atomic E-state index is 12.2. The van der Waals surface area contributed by atoms with E-state index in [1.807, 2.05) is 0 Å². The molecule has 7 heteroatoms. The molecule has 2 N–H and O–H groups in total. The Hall–Kier alpha value is -2.96. The SMILES string of the molecule is O=Cc1c[nH]c2ccc(-c3ccc(OC(F)(F)F)cc3)c(O)c12. The van der Waals surface area contributed by atoms with Crippen molar-refractivity contribution in [2.45, 2.75) is 6.36 Å². The van der Waals surface area contributed by atoms with Gasteiger partial charge in [-0.15, -0.1) is 13.2 Å². The number of hydrogen-bond acceptors (Lipinski definition) is 3. The topological polar surface area (TPSA) is 62.3 Å². The highest BCUT2D eigenvalue weighted by molar-refractivity contribution is 6.04. The Morgan fingerprint density at radius 1 is 1.09 bits per heavy atom. The van der Waals surface area contributed by atoms with Gasteiger partial charge < -0.3 is 14.8 Å². The maximum Gasteiger partial charge on any atom is 0.573 e. The van der Waals surface area contributed by atoms with Gasteiger partial charge in [0.15, 0.2) is 6.29 Å². The first-order chi connectivity index (χ1) is 10.9. The second-order valence-electron chi connectivity index (χ2n) is 4.82. The molecule has 0 bridgehead atoms. The zero-order valence-corrected chi connectivity index (χ0v) is 11.5. The second-order valence-corrected chi connectivity index (χ2v) is 4.82. The number of phenolic OH excluding ortho intramolecular Hbond substituents is 1. The first-order valence-corrected chi connectivity index (χ1v) is 6.53. The van der Waals surface area contributed by atoms with Gasteiger partial charge >= 0.3 is 6.36 Å². The van der Waals surface area contributed by atoms with Gasteiger partial charge in [-0.2, -0.15) is 0 Å². The molecule has 2 aromatic carbocycles. The maximum atomic E-state index is 12.2. The van der Waals surface area contributed by atoms with Crippen molar-refractivity contribution in [3.05, 3.63) is 48.2 Å². The number of fused-ring (bicyclic) bond motifs is 1. The van der Waals surface area contributed by atoms with Crippen LogP contribution in [0.1, 0.15) is 10.4 Å². The monoisotopic (exact) mass is 321 g/mol. The average molecular weight is 321 g/mol. The van der Waals surface area contributed by atoms with Crippen LogP contribution in [0, 0.1) is 0 Å². The van der Waals surface area contributed by atoms with E-state index in [0.717, 1.165) is 12.1 Å². The number of aldehydes is 1. The van der Waals surface area contributed by atoms with Crippen LogP contribution in [0.4, 0.5) is 13.2 Å². The number of phenols is 1. The summed E-state index contributed by atoms with van der Waals surface area (Å²) >= 11 is 0. The summed E-state index contributed by atoms with van der Waals surface area (Å²) in [5.74, 6) is -0.465. The van der Waals surface area contributed by atoms with Crippen LogP contribution in [-0.2, 0) is 0 Å². The molecule has 0 aliphatic heterocycles. The molecule has 0 amide bonds. The first kappa shape index (κ1) is 15.0. The number of ether oxygens (including phenoxy) is 1. The highest BCUT2D eigenvalue weighted by atomic mass is 19.4. The van der Waals surface area contributed by atoms with Crippen LogP contribution in [0.2, 0.25) is 0 Å². The second kappa shape index (κ2) is 5.35. The molecular formula is C16H10F3NO3. The van der Waals surface area contributed by atoms with Crippen molar-refractivity contribution in [1.29, 1.82) is 0 Å². The van der Waals surface area contributed by atoms with Crippen LogP contribution in [0.15, 0.2) is 42.6 Å². The molecule has 1 aromatic heterocycles. The Bertz CT molecular complexity index is 867. The number of H-pyrrole nitrogens is 1. The van der Waals surface area contributed by atoms with Crippen LogP contribution in [0.5, 0.6) is 11.5 Å². The van der Waals surface area contributed by atoms with E-state index in [2.05, 4.69) is 9.72 Å². The standard InChI is InChI=1S/C16H10F3NO3/c17-16(18,19)23-11-3-1-9(2-4-11)12-5-6-13-14(15(12)22)10(8-21)7-20-13/h1-8,20,22H. The fourth-order valence-electron chi connectivity index (χ4n) is 2.39. The largest absolute Gasteiger partial charge is 0.573 e. The minimum Gasteiger partial charge on any atom is -0.507 e. The molecule has 0 fully saturated rings. The molecule has 0 spiro atoms. The van der Waals surface area contributed by atoms with E-state index < -0.39 is 6.36 Å². The molecule has 0 radical (unpaired) electrons. The fraction of sp³-hybridized carbons (Fsp3) is 0.0625. The number of aromatic nitrogens is 1. The summed E-state index contributed by atoms with van der Waals surface area (Å²) in [5, 5.41) is 10.7. The summed E-state index contributed by atoms with van der Waals surface area (Å²) in [7, 11) is 0. The van der Waals surface area contributed by atoms with Gasteiger partial charge in [0.05, 0.1) is 5.39 Å². The summed E-state index contributed by atoms with van der Waals surface area (Å²) in [6.45, 7) is 0. The van der Waals surface area contributed by atoms with E-state index in [1.165, 1.54) is 18.3 Å². The van der Waals surface area contributed by atoms with E-state index in [0.29, 0.717) is 33.9 Å². The smallest absolute Gasteiger partial charge is 0.507 e. The predicted molar refractivity (Wildman–Crippen MR) is 77.5 cm³/mol. The number of alkyl halides is 3. The third kappa shape index (κ3) is 2.85. The molecule has 4 nitrogen and oxygen atoms in total. The summed E-state index contributed by atoms with van der Waals surface area (Å²) in [6, 6.07) is 8.40. The van der Waals surface area contributed by atoms with Crippen LogP contribution in [-0.4, -0.2) is 22.7 Å². The fourth-order valence-corrected chi connectivity index (χ4v) is 2.39. The summed E-state index contributed by atoms with van der Waals surface area (Å²) in [6.07, 6.45) is -2.67. The number of carbonyl (C=O) groups excluding carboxylic acids is 1. The van der Waals surface area contributed by atoms with Gasteiger partial charge in [0.2, 0.25) is 0 Å². The van der Waals surface area contributed by atoms with Gasteiger partial charge in [0.25, 0.3) is 0 Å². The molecule has 0 aliphatic carbocycles. The molecule has 3 rings (SSSR count). The molecule has 0 unspecified atom stereocenters. The Labute approximate surface area is 128 Å². The Kier molecular flexibility index (Phi) is 3.48. The normalized spacial score (nSPS) is 11.6. The molecule has 0 atom stereocenters. The highest BCUT2D eigenvalue weighted by Crippen LogP contribution is 2.37. The molecule has 0 saturated carbocycles. The minimum absolute atomic E-state index is 0.115. The lowest BCUT2D eigenvalue weighted by Gasteiger charge is -2.10. The molecule has 118 valence electrons. The lowest BCUT2D eigenvalue weighted by atomic mass is 10.0. The number of rotatable bonds is 3. The number of benzene rings is 2. The molecule has 3 aromatic rings. The molecule has 0 aliphatic rings. The number of aromatic amines is 1. The van der Waals surface area contributed by atoms with Crippen molar-refractivity contribution in [3.63, 3.8) is 0 Å². The summed E-state index contributed by atoms with van der Waals surface area (Å²) in [4.78, 5) is 13.9. The third-order valence-electron chi connectivity index (χ3n) is 3.38. The first-order valence-electron chi connectivity index (χ1n) is 6.53. The zero-order valence-electron chi connectivity index (χ0n) is 11.5. The molecular weight excluding hydrogens is 311 g/mol. The average Bonchev–Trinajstić information content (AvgIpc) is 2.91. The van der Waals surface area contributed by atoms with E-state index in [9.17, 15) is 23.1 Å². The van der Waals surface area contributed by atoms with Gasteiger partial charge in [-0.3, -0.25) is 4.79 Å². The Morgan fingerprint density at radius 2 is 1.78 bits per heavy atom. The number of hydrogen-bond donors (Lipinski definition) is 2. The molecule has 0 saturated heterocycles. The minimum atomic E-state index is -4.76. The van der Waals surface area contributed by atoms with E-state index in [-0.39, 0.29) is 11.5 Å². The van der Waals surface area contributed by atoms with Gasteiger partial charge in [-0.1, -0.05) is 12.1 Å². The van der Waals surface area contributed by atoms with Crippen LogP contribution in [0.25, 0.3) is 22.0 Å². The third-order valence-corrected chi connectivity index (χ3v) is 3.38. The Balaban J connectivity index is 2.03. The number of halogens is 3. The lowest BCUT2D eigenvalue weighted by Crippen LogP contribution is -2.16. The number of aromatic hydroxyl groups is 1. The number of nitrogens with one attached hydrogen (secondary N) is 1.